The molecule has 0 fully saturated rings. The molecule has 96 valence electrons. The summed E-state index contributed by atoms with van der Waals surface area (Å²) in [5.74, 6) is 0.327. The highest BCUT2D eigenvalue weighted by Gasteiger charge is 2.11. The van der Waals surface area contributed by atoms with E-state index in [9.17, 15) is 4.39 Å². The Hall–Kier alpha value is -1.39. The second kappa shape index (κ2) is 5.98. The zero-order chi connectivity index (χ0) is 13.0. The second-order valence-electron chi connectivity index (χ2n) is 4.06. The van der Waals surface area contributed by atoms with Crippen molar-refractivity contribution in [3.05, 3.63) is 52.0 Å². The Morgan fingerprint density at radius 3 is 2.89 bits per heavy atom. The van der Waals surface area contributed by atoms with Gasteiger partial charge in [-0.05, 0) is 31.5 Å². The van der Waals surface area contributed by atoms with Crippen molar-refractivity contribution in [3.63, 3.8) is 0 Å². The molecule has 1 aromatic heterocycles. The summed E-state index contributed by atoms with van der Waals surface area (Å²) in [6.07, 6.45) is 0. The molecular formula is C14H16FNOS. The zero-order valence-corrected chi connectivity index (χ0v) is 11.3. The summed E-state index contributed by atoms with van der Waals surface area (Å²) >= 11 is 1.63. The predicted molar refractivity (Wildman–Crippen MR) is 72.5 cm³/mol. The van der Waals surface area contributed by atoms with E-state index in [1.807, 2.05) is 31.5 Å². The predicted octanol–water partition coefficient (Wildman–Crippen LogP) is 3.75. The maximum absolute atomic E-state index is 13.3. The highest BCUT2D eigenvalue weighted by atomic mass is 32.1. The van der Waals surface area contributed by atoms with Crippen LogP contribution >= 0.6 is 11.3 Å². The number of benzene rings is 1. The first-order valence-corrected chi connectivity index (χ1v) is 6.70. The molecular weight excluding hydrogens is 249 g/mol. The summed E-state index contributed by atoms with van der Waals surface area (Å²) in [5.41, 5.74) is 0.968. The molecule has 0 amide bonds. The highest BCUT2D eigenvalue weighted by molar-refractivity contribution is 7.09. The van der Waals surface area contributed by atoms with Gasteiger partial charge in [-0.25, -0.2) is 4.39 Å². The molecule has 0 saturated heterocycles. The van der Waals surface area contributed by atoms with Crippen LogP contribution in [0.4, 0.5) is 4.39 Å². The second-order valence-corrected chi connectivity index (χ2v) is 5.09. The Morgan fingerprint density at radius 1 is 1.39 bits per heavy atom. The molecule has 4 heteroatoms. The highest BCUT2D eigenvalue weighted by Crippen LogP contribution is 2.27. The van der Waals surface area contributed by atoms with Gasteiger partial charge in [0, 0.05) is 22.5 Å². The molecule has 0 aliphatic heterocycles. The van der Waals surface area contributed by atoms with E-state index in [1.165, 1.54) is 12.1 Å². The summed E-state index contributed by atoms with van der Waals surface area (Å²) in [6.45, 7) is 2.50. The Labute approximate surface area is 110 Å². The average molecular weight is 265 g/mol. The number of thiophene rings is 1. The van der Waals surface area contributed by atoms with Crippen molar-refractivity contribution >= 4 is 11.3 Å². The van der Waals surface area contributed by atoms with E-state index in [2.05, 4.69) is 5.32 Å². The fourth-order valence-corrected chi connectivity index (χ4v) is 2.31. The Kier molecular flexibility index (Phi) is 4.33. The van der Waals surface area contributed by atoms with Crippen molar-refractivity contribution < 1.29 is 9.13 Å². The number of hydrogen-bond acceptors (Lipinski definition) is 3. The van der Waals surface area contributed by atoms with Crippen LogP contribution in [0.1, 0.15) is 23.4 Å². The minimum absolute atomic E-state index is 0.129. The van der Waals surface area contributed by atoms with Gasteiger partial charge >= 0.3 is 0 Å². The lowest BCUT2D eigenvalue weighted by molar-refractivity contribution is 0.302. The largest absolute Gasteiger partial charge is 0.488 e. The quantitative estimate of drug-likeness (QED) is 0.889. The molecule has 1 aromatic carbocycles. The summed E-state index contributed by atoms with van der Waals surface area (Å²) < 4.78 is 19.0. The van der Waals surface area contributed by atoms with Crippen LogP contribution in [0.2, 0.25) is 0 Å². The van der Waals surface area contributed by atoms with Crippen molar-refractivity contribution in [1.82, 2.24) is 5.32 Å². The number of hydrogen-bond donors (Lipinski definition) is 1. The lowest BCUT2D eigenvalue weighted by Gasteiger charge is -2.16. The first kappa shape index (κ1) is 13.1. The molecule has 18 heavy (non-hydrogen) atoms. The lowest BCUT2D eigenvalue weighted by atomic mass is 10.1. The van der Waals surface area contributed by atoms with Gasteiger partial charge in [-0.1, -0.05) is 12.1 Å². The minimum atomic E-state index is -0.275. The molecule has 1 atom stereocenters. The molecule has 1 unspecified atom stereocenters. The molecule has 0 bridgehead atoms. The van der Waals surface area contributed by atoms with Crippen LogP contribution in [0.3, 0.4) is 0 Å². The van der Waals surface area contributed by atoms with Gasteiger partial charge < -0.3 is 10.1 Å². The van der Waals surface area contributed by atoms with Gasteiger partial charge in [-0.2, -0.15) is 0 Å². The first-order chi connectivity index (χ1) is 8.70. The Balaban J connectivity index is 2.17. The molecule has 1 N–H and O–H groups in total. The standard InChI is InChI=1S/C14H16FNOS/c1-10(16-2)13-6-5-11(15)8-14(13)17-9-12-4-3-7-18-12/h3-8,10,16H,9H2,1-2H3. The van der Waals surface area contributed by atoms with Crippen molar-refractivity contribution in [2.75, 3.05) is 7.05 Å². The van der Waals surface area contributed by atoms with Gasteiger partial charge in [0.2, 0.25) is 0 Å². The fraction of sp³-hybridized carbons (Fsp3) is 0.286. The van der Waals surface area contributed by atoms with Gasteiger partial charge in [-0.15, -0.1) is 11.3 Å². The molecule has 0 radical (unpaired) electrons. The van der Waals surface area contributed by atoms with Gasteiger partial charge in [0.15, 0.2) is 0 Å². The van der Waals surface area contributed by atoms with Crippen LogP contribution in [0.25, 0.3) is 0 Å². The summed E-state index contributed by atoms with van der Waals surface area (Å²) in [5, 5.41) is 5.14. The van der Waals surface area contributed by atoms with E-state index in [0.29, 0.717) is 12.4 Å². The summed E-state index contributed by atoms with van der Waals surface area (Å²) in [7, 11) is 1.87. The van der Waals surface area contributed by atoms with Crippen molar-refractivity contribution in [3.8, 4) is 5.75 Å². The van der Waals surface area contributed by atoms with Gasteiger partial charge in [-0.3, -0.25) is 0 Å². The van der Waals surface area contributed by atoms with Crippen LogP contribution < -0.4 is 10.1 Å². The molecule has 0 spiro atoms. The normalized spacial score (nSPS) is 12.4. The molecule has 1 heterocycles. The average Bonchev–Trinajstić information content (AvgIpc) is 2.88. The van der Waals surface area contributed by atoms with Crippen LogP contribution in [-0.4, -0.2) is 7.05 Å². The number of ether oxygens (including phenoxy) is 1. The van der Waals surface area contributed by atoms with Crippen molar-refractivity contribution in [1.29, 1.82) is 0 Å². The molecule has 0 aliphatic rings. The van der Waals surface area contributed by atoms with Crippen LogP contribution in [0.5, 0.6) is 5.75 Å². The van der Waals surface area contributed by atoms with Gasteiger partial charge in [0.05, 0.1) is 0 Å². The summed E-state index contributed by atoms with van der Waals surface area (Å²) in [6, 6.07) is 8.78. The van der Waals surface area contributed by atoms with E-state index in [1.54, 1.807) is 17.4 Å². The lowest BCUT2D eigenvalue weighted by Crippen LogP contribution is -2.13. The molecule has 2 nitrogen and oxygen atoms in total. The fourth-order valence-electron chi connectivity index (χ4n) is 1.69. The van der Waals surface area contributed by atoms with E-state index in [-0.39, 0.29) is 11.9 Å². The molecule has 0 aliphatic carbocycles. The first-order valence-electron chi connectivity index (χ1n) is 5.82. The topological polar surface area (TPSA) is 21.3 Å². The van der Waals surface area contributed by atoms with Crippen LogP contribution in [0.15, 0.2) is 35.7 Å². The third-order valence-corrected chi connectivity index (χ3v) is 3.68. The SMILES string of the molecule is CNC(C)c1ccc(F)cc1OCc1cccs1. The van der Waals surface area contributed by atoms with E-state index >= 15 is 0 Å². The van der Waals surface area contributed by atoms with Gasteiger partial charge in [0.25, 0.3) is 0 Å². The maximum Gasteiger partial charge on any atom is 0.127 e. The smallest absolute Gasteiger partial charge is 0.127 e. The Morgan fingerprint density at radius 2 is 2.22 bits per heavy atom. The Bertz CT molecular complexity index is 499. The third kappa shape index (κ3) is 3.09. The number of rotatable bonds is 5. The summed E-state index contributed by atoms with van der Waals surface area (Å²) in [4.78, 5) is 1.13. The van der Waals surface area contributed by atoms with E-state index < -0.39 is 0 Å². The zero-order valence-electron chi connectivity index (χ0n) is 10.4. The van der Waals surface area contributed by atoms with Gasteiger partial charge in [0.1, 0.15) is 18.2 Å². The van der Waals surface area contributed by atoms with E-state index in [4.69, 9.17) is 4.74 Å². The molecule has 2 aromatic rings. The number of halogens is 1. The van der Waals surface area contributed by atoms with Crippen molar-refractivity contribution in [2.45, 2.75) is 19.6 Å². The maximum atomic E-state index is 13.3. The minimum Gasteiger partial charge on any atom is -0.488 e. The van der Waals surface area contributed by atoms with Crippen LogP contribution in [0, 0.1) is 5.82 Å². The number of nitrogens with one attached hydrogen (secondary N) is 1. The van der Waals surface area contributed by atoms with Crippen molar-refractivity contribution in [2.24, 2.45) is 0 Å². The van der Waals surface area contributed by atoms with Crippen LogP contribution in [-0.2, 0) is 6.61 Å². The third-order valence-electron chi connectivity index (χ3n) is 2.83. The molecule has 2 rings (SSSR count). The van der Waals surface area contributed by atoms with E-state index in [0.717, 1.165) is 10.4 Å². The molecule has 0 saturated carbocycles. The monoisotopic (exact) mass is 265 g/mol.